The van der Waals surface area contributed by atoms with E-state index in [2.05, 4.69) is 20.1 Å². The Morgan fingerprint density at radius 1 is 1.06 bits per heavy atom. The van der Waals surface area contributed by atoms with Gasteiger partial charge in [0.1, 0.15) is 36.1 Å². The number of amides is 1. The lowest BCUT2D eigenvalue weighted by Gasteiger charge is -2.25. The molecule has 12 nitrogen and oxygen atoms in total. The summed E-state index contributed by atoms with van der Waals surface area (Å²) in [6.07, 6.45) is -7.27. The monoisotopic (exact) mass is 1020 g/mol. The summed E-state index contributed by atoms with van der Waals surface area (Å²) < 4.78 is 183. The van der Waals surface area contributed by atoms with Crippen molar-refractivity contribution in [2.24, 2.45) is 22.6 Å². The van der Waals surface area contributed by atoms with E-state index >= 15 is 8.78 Å². The highest BCUT2D eigenvalue weighted by atomic mass is 35.5. The second-order valence-electron chi connectivity index (χ2n) is 18.2. The second kappa shape index (κ2) is 18.9. The lowest BCUT2D eigenvalue weighted by Crippen LogP contribution is -2.40. The van der Waals surface area contributed by atoms with Crippen LogP contribution in [0.5, 0.6) is 0 Å². The van der Waals surface area contributed by atoms with Gasteiger partial charge >= 0.3 is 6.18 Å². The molecule has 370 valence electrons. The Labute approximate surface area is 391 Å². The van der Waals surface area contributed by atoms with Gasteiger partial charge in [0, 0.05) is 54.1 Å². The maximum absolute atomic E-state index is 15.2. The van der Waals surface area contributed by atoms with Crippen LogP contribution in [0, 0.1) is 23.5 Å². The van der Waals surface area contributed by atoms with Gasteiger partial charge in [-0.15, -0.1) is 0 Å². The number of rotatable bonds is 18. The topological polar surface area (TPSA) is 182 Å². The SMILES string of the molecule is C[C@H]1CC(F)(F)C(=NCC(=O)N[C@@H](Cc2cc(F)cc(F)c2)c2nc(CCC(C)(C)[S+](=O)(O)C3CC3)ccc2-c2ccc(Cl)c3c(NS(=O)(=O)CC4CC4)nn(CC(F)F)c23)C1=C(N)C(F)(F)F. The number of halogens is 10. The number of sulfonamides is 1. The summed E-state index contributed by atoms with van der Waals surface area (Å²) in [4.78, 5) is 22.4. The molecule has 3 saturated carbocycles. The minimum atomic E-state index is -5.22. The van der Waals surface area contributed by atoms with Crippen molar-refractivity contribution in [3.05, 3.63) is 87.3 Å². The molecule has 2 heterocycles. The van der Waals surface area contributed by atoms with E-state index in [-0.39, 0.29) is 74.3 Å². The number of hydrogen-bond acceptors (Lipinski definition) is 8. The van der Waals surface area contributed by atoms with Gasteiger partial charge < -0.3 is 11.1 Å². The number of aromatic nitrogens is 3. The maximum atomic E-state index is 15.2. The molecule has 2 aromatic heterocycles. The van der Waals surface area contributed by atoms with Crippen LogP contribution in [0.1, 0.15) is 82.3 Å². The minimum Gasteiger partial charge on any atom is -0.394 e. The van der Waals surface area contributed by atoms with Crippen LogP contribution in [0.25, 0.3) is 22.0 Å². The molecule has 4 aromatic rings. The van der Waals surface area contributed by atoms with Crippen LogP contribution < -0.4 is 15.8 Å². The molecule has 0 bridgehead atoms. The molecule has 1 unspecified atom stereocenters. The highest BCUT2D eigenvalue weighted by Gasteiger charge is 2.57. The van der Waals surface area contributed by atoms with Gasteiger partial charge in [0.2, 0.25) is 26.1 Å². The number of allylic oxidation sites excluding steroid dienone is 2. The Morgan fingerprint density at radius 3 is 2.31 bits per heavy atom. The third-order valence-electron chi connectivity index (χ3n) is 12.2. The summed E-state index contributed by atoms with van der Waals surface area (Å²) in [7, 11) is -7.43. The van der Waals surface area contributed by atoms with Crippen molar-refractivity contribution in [2.75, 3.05) is 17.0 Å². The Kier molecular flexibility index (Phi) is 14.2. The molecule has 68 heavy (non-hydrogen) atoms. The van der Waals surface area contributed by atoms with Crippen LogP contribution in [0.15, 0.2) is 58.7 Å². The summed E-state index contributed by atoms with van der Waals surface area (Å²) in [5, 5.41) is 6.16. The number of hydrogen-bond donors (Lipinski definition) is 4. The fourth-order valence-corrected chi connectivity index (χ4v) is 12.3. The lowest BCUT2D eigenvalue weighted by atomic mass is 9.93. The first-order valence-corrected chi connectivity index (χ1v) is 25.1. The Balaban J connectivity index is 1.39. The molecule has 3 aliphatic carbocycles. The molecule has 3 atom stereocenters. The molecule has 24 heteroatoms. The quantitative estimate of drug-likeness (QED) is 0.0562. The number of carbonyl (C=O) groups is 1. The van der Waals surface area contributed by atoms with Gasteiger partial charge in [-0.1, -0.05) is 34.9 Å². The van der Waals surface area contributed by atoms with Crippen LogP contribution in [0.2, 0.25) is 5.02 Å². The summed E-state index contributed by atoms with van der Waals surface area (Å²) in [6.45, 7) is 2.06. The molecular formula is C44H48ClF9N7O5S2+. The molecule has 2 aromatic carbocycles. The number of fused-ring (bicyclic) bond motifs is 1. The van der Waals surface area contributed by atoms with Crippen LogP contribution in [0.3, 0.4) is 0 Å². The van der Waals surface area contributed by atoms with Crippen LogP contribution >= 0.6 is 11.6 Å². The van der Waals surface area contributed by atoms with Gasteiger partial charge in [0.25, 0.3) is 12.3 Å². The zero-order valence-electron chi connectivity index (χ0n) is 36.7. The van der Waals surface area contributed by atoms with Gasteiger partial charge in [-0.05, 0) is 81.2 Å². The maximum Gasteiger partial charge on any atom is 0.431 e. The number of nitrogens with two attached hydrogens (primary N) is 1. The molecule has 0 radical (unpaired) electrons. The van der Waals surface area contributed by atoms with Gasteiger partial charge in [-0.25, -0.2) is 26.0 Å². The van der Waals surface area contributed by atoms with E-state index < -0.39 is 121 Å². The zero-order valence-corrected chi connectivity index (χ0v) is 39.1. The number of pyridine rings is 1. The van der Waals surface area contributed by atoms with E-state index in [1.165, 1.54) is 24.3 Å². The van der Waals surface area contributed by atoms with Crippen molar-refractivity contribution in [3.8, 4) is 11.1 Å². The van der Waals surface area contributed by atoms with Crippen molar-refractivity contribution >= 4 is 60.2 Å². The minimum absolute atomic E-state index is 0.0305. The van der Waals surface area contributed by atoms with Crippen molar-refractivity contribution in [1.82, 2.24) is 20.1 Å². The summed E-state index contributed by atoms with van der Waals surface area (Å²) in [5.41, 5.74) is 1.11. The number of carbonyl (C=O) groups excluding carboxylic acids is 1. The summed E-state index contributed by atoms with van der Waals surface area (Å²) in [6, 6.07) is 6.59. The van der Waals surface area contributed by atoms with Crippen molar-refractivity contribution in [3.63, 3.8) is 0 Å². The predicted molar refractivity (Wildman–Crippen MR) is 239 cm³/mol. The largest absolute Gasteiger partial charge is 0.431 e. The van der Waals surface area contributed by atoms with E-state index in [0.29, 0.717) is 31.7 Å². The number of nitrogens with one attached hydrogen (secondary N) is 2. The molecule has 0 saturated heterocycles. The average molecular weight is 1030 g/mol. The Bertz CT molecular complexity index is 2830. The third-order valence-corrected chi connectivity index (χ3v) is 17.1. The highest BCUT2D eigenvalue weighted by Crippen LogP contribution is 2.46. The van der Waals surface area contributed by atoms with Crippen molar-refractivity contribution < 1.29 is 61.5 Å². The number of anilines is 1. The molecule has 7 rings (SSSR count). The van der Waals surface area contributed by atoms with Gasteiger partial charge in [0.15, 0.2) is 15.8 Å². The van der Waals surface area contributed by atoms with E-state index in [1.54, 1.807) is 13.8 Å². The lowest BCUT2D eigenvalue weighted by molar-refractivity contribution is -0.120. The van der Waals surface area contributed by atoms with E-state index in [0.717, 1.165) is 23.7 Å². The third kappa shape index (κ3) is 11.3. The molecule has 0 spiro atoms. The summed E-state index contributed by atoms with van der Waals surface area (Å²) >= 11 is 6.67. The van der Waals surface area contributed by atoms with E-state index in [1.807, 2.05) is 0 Å². The smallest absolute Gasteiger partial charge is 0.394 e. The van der Waals surface area contributed by atoms with Gasteiger partial charge in [0.05, 0.1) is 33.4 Å². The normalized spacial score (nSPS) is 20.5. The molecular weight excluding hydrogens is 977 g/mol. The number of aryl methyl sites for hydroxylation is 1. The first-order chi connectivity index (χ1) is 31.6. The number of aliphatic imine (C=N–C) groups is 1. The summed E-state index contributed by atoms with van der Waals surface area (Å²) in [5.74, 6) is -9.35. The van der Waals surface area contributed by atoms with E-state index in [4.69, 9.17) is 22.3 Å². The van der Waals surface area contributed by atoms with Crippen molar-refractivity contribution in [1.29, 1.82) is 0 Å². The van der Waals surface area contributed by atoms with Gasteiger partial charge in [-0.2, -0.15) is 31.6 Å². The average Bonchev–Trinajstić information content (AvgIpc) is 4.15. The number of benzene rings is 2. The molecule has 3 aliphatic rings. The number of alkyl halides is 7. The van der Waals surface area contributed by atoms with E-state index in [9.17, 15) is 52.7 Å². The molecule has 3 fully saturated rings. The van der Waals surface area contributed by atoms with Crippen LogP contribution in [0.4, 0.5) is 45.3 Å². The predicted octanol–water partition coefficient (Wildman–Crippen LogP) is 9.58. The number of nitrogens with zero attached hydrogens (tertiary/aromatic N) is 4. The molecule has 1 amide bonds. The molecule has 0 aliphatic heterocycles. The van der Waals surface area contributed by atoms with Crippen LogP contribution in [-0.2, 0) is 48.6 Å². The second-order valence-corrected chi connectivity index (χ2v) is 23.3. The first kappa shape index (κ1) is 51.1. The Hall–Kier alpha value is -4.74. The molecule has 5 N–H and O–H groups in total. The van der Waals surface area contributed by atoms with Gasteiger partial charge in [-0.3, -0.25) is 24.2 Å². The fraction of sp³-hybridized carbons (Fsp3) is 0.500. The first-order valence-electron chi connectivity index (χ1n) is 21.5. The Morgan fingerprint density at radius 2 is 1.71 bits per heavy atom. The van der Waals surface area contributed by atoms with Crippen molar-refractivity contribution in [2.45, 2.75) is 113 Å². The standard InChI is InChI=1S/C44H47ClF9N7O5S2/c1-22-18-43(50,51)40(35(22)39(55)44(52,53)54)56-19-34(62)58-32(16-24-14-25(46)17-26(47)15-24)37-29(9-6-27(57-37)12-13-42(2,3)68(65,66)28-7-8-28)30-10-11-31(45)36-38(30)61(20-33(48)49)59-41(36)60-67(63,64)21-23-4-5-23/h6,9-11,14-15,17,22-23,28,32-33H,4-5,7-8,12-13,16,18-21H2,1-3H3,(H4-,55,56,58,59,60,62,65,66)/p+1/t22-,32-/m0/s1. The highest BCUT2D eigenvalue weighted by molar-refractivity contribution is 7.99. The zero-order chi connectivity index (χ0) is 49.9. The fourth-order valence-electron chi connectivity index (χ4n) is 8.51. The van der Waals surface area contributed by atoms with Crippen LogP contribution in [-0.4, -0.2) is 80.2 Å².